The summed E-state index contributed by atoms with van der Waals surface area (Å²) in [6.45, 7) is 8.57. The second kappa shape index (κ2) is 3.63. The molecule has 0 aromatic carbocycles. The van der Waals surface area contributed by atoms with Gasteiger partial charge in [-0.05, 0) is 20.3 Å². The minimum atomic E-state index is 0.176. The average molecular weight is 245 g/mol. The zero-order chi connectivity index (χ0) is 11.2. The van der Waals surface area contributed by atoms with E-state index in [1.165, 1.54) is 4.88 Å². The number of alkyl halides is 1. The molecule has 2 unspecified atom stereocenters. The van der Waals surface area contributed by atoms with E-state index in [4.69, 9.17) is 11.6 Å². The van der Waals surface area contributed by atoms with E-state index >= 15 is 0 Å². The summed E-state index contributed by atoms with van der Waals surface area (Å²) in [4.78, 5) is 5.78. The van der Waals surface area contributed by atoms with Crippen LogP contribution in [-0.4, -0.2) is 16.4 Å². The fraction of sp³-hybridized carbons (Fsp3) is 0.727. The van der Waals surface area contributed by atoms with Crippen LogP contribution in [0.4, 0.5) is 5.13 Å². The Labute approximate surface area is 100 Å². The molecule has 0 saturated heterocycles. The molecule has 0 spiro atoms. The standard InChI is InChI=1S/C11H17ClN2S/c1-6-7(2)15-10(13-6)14-9-5-8(12)11(9,3)4/h8-9H,5H2,1-4H3,(H,13,14). The predicted octanol–water partition coefficient (Wildman–Crippen LogP) is 3.58. The monoisotopic (exact) mass is 244 g/mol. The number of hydrogen-bond acceptors (Lipinski definition) is 3. The van der Waals surface area contributed by atoms with Gasteiger partial charge in [0.25, 0.3) is 0 Å². The Morgan fingerprint density at radius 1 is 1.47 bits per heavy atom. The Kier molecular flexibility index (Phi) is 2.72. The summed E-state index contributed by atoms with van der Waals surface area (Å²) in [6.07, 6.45) is 1.03. The molecule has 2 atom stereocenters. The lowest BCUT2D eigenvalue weighted by molar-refractivity contribution is 0.168. The average Bonchev–Trinajstić information content (AvgIpc) is 2.46. The molecule has 0 amide bonds. The second-order valence-corrected chi connectivity index (χ2v) is 6.61. The van der Waals surface area contributed by atoms with Gasteiger partial charge in [0, 0.05) is 21.7 Å². The molecule has 2 nitrogen and oxygen atoms in total. The highest BCUT2D eigenvalue weighted by molar-refractivity contribution is 7.15. The smallest absolute Gasteiger partial charge is 0.183 e. The molecule has 1 aromatic heterocycles. The first-order valence-corrected chi connectivity index (χ1v) is 6.51. The summed E-state index contributed by atoms with van der Waals surface area (Å²) in [5, 5.41) is 4.81. The van der Waals surface area contributed by atoms with E-state index in [-0.39, 0.29) is 10.8 Å². The van der Waals surface area contributed by atoms with E-state index in [0.717, 1.165) is 17.2 Å². The summed E-state index contributed by atoms with van der Waals surface area (Å²) >= 11 is 7.91. The highest BCUT2D eigenvalue weighted by Crippen LogP contribution is 2.46. The van der Waals surface area contributed by atoms with Crippen LogP contribution in [0, 0.1) is 19.3 Å². The third kappa shape index (κ3) is 1.87. The van der Waals surface area contributed by atoms with Crippen molar-refractivity contribution in [2.24, 2.45) is 5.41 Å². The highest BCUT2D eigenvalue weighted by atomic mass is 35.5. The number of nitrogens with zero attached hydrogens (tertiary/aromatic N) is 1. The van der Waals surface area contributed by atoms with E-state index in [1.54, 1.807) is 11.3 Å². The van der Waals surface area contributed by atoms with Gasteiger partial charge in [-0.1, -0.05) is 13.8 Å². The van der Waals surface area contributed by atoms with Gasteiger partial charge in [0.1, 0.15) is 0 Å². The molecular formula is C11H17ClN2S. The third-order valence-corrected chi connectivity index (χ3v) is 5.22. The first-order chi connectivity index (χ1) is 6.91. The number of rotatable bonds is 2. The van der Waals surface area contributed by atoms with Crippen molar-refractivity contribution in [3.05, 3.63) is 10.6 Å². The Morgan fingerprint density at radius 3 is 2.53 bits per heavy atom. The fourth-order valence-corrected chi connectivity index (χ4v) is 3.00. The fourth-order valence-electron chi connectivity index (χ4n) is 1.80. The molecule has 15 heavy (non-hydrogen) atoms. The van der Waals surface area contributed by atoms with Crippen molar-refractivity contribution in [3.8, 4) is 0 Å². The largest absolute Gasteiger partial charge is 0.358 e. The summed E-state index contributed by atoms with van der Waals surface area (Å²) in [5.74, 6) is 0. The lowest BCUT2D eigenvalue weighted by Crippen LogP contribution is -2.54. The zero-order valence-electron chi connectivity index (χ0n) is 9.60. The van der Waals surface area contributed by atoms with E-state index in [0.29, 0.717) is 6.04 Å². The Hall–Kier alpha value is -0.280. The van der Waals surface area contributed by atoms with Gasteiger partial charge < -0.3 is 5.32 Å². The van der Waals surface area contributed by atoms with Gasteiger partial charge in [-0.3, -0.25) is 0 Å². The van der Waals surface area contributed by atoms with Gasteiger partial charge in [0.2, 0.25) is 0 Å². The lowest BCUT2D eigenvalue weighted by atomic mass is 9.67. The number of hydrogen-bond donors (Lipinski definition) is 1. The molecule has 1 fully saturated rings. The van der Waals surface area contributed by atoms with Crippen LogP contribution < -0.4 is 5.32 Å². The topological polar surface area (TPSA) is 24.9 Å². The van der Waals surface area contributed by atoms with E-state index in [2.05, 4.69) is 31.1 Å². The molecule has 1 N–H and O–H groups in total. The number of aromatic nitrogens is 1. The Morgan fingerprint density at radius 2 is 2.13 bits per heavy atom. The minimum absolute atomic E-state index is 0.176. The third-order valence-electron chi connectivity index (χ3n) is 3.47. The Bertz CT molecular complexity index is 353. The van der Waals surface area contributed by atoms with Crippen molar-refractivity contribution in [2.45, 2.75) is 45.5 Å². The molecule has 0 bridgehead atoms. The zero-order valence-corrected chi connectivity index (χ0v) is 11.2. The molecule has 2 rings (SSSR count). The van der Waals surface area contributed by atoms with Crippen molar-refractivity contribution in [3.63, 3.8) is 0 Å². The van der Waals surface area contributed by atoms with Crippen LogP contribution in [0.25, 0.3) is 0 Å². The summed E-state index contributed by atoms with van der Waals surface area (Å²) in [7, 11) is 0. The lowest BCUT2D eigenvalue weighted by Gasteiger charge is -2.49. The quantitative estimate of drug-likeness (QED) is 0.805. The van der Waals surface area contributed by atoms with Crippen molar-refractivity contribution in [2.75, 3.05) is 5.32 Å². The van der Waals surface area contributed by atoms with Crippen molar-refractivity contribution >= 4 is 28.1 Å². The summed E-state index contributed by atoms with van der Waals surface area (Å²) in [6, 6.07) is 0.463. The molecule has 4 heteroatoms. The predicted molar refractivity (Wildman–Crippen MR) is 67.0 cm³/mol. The molecule has 1 saturated carbocycles. The normalized spacial score (nSPS) is 28.6. The molecule has 1 heterocycles. The van der Waals surface area contributed by atoms with E-state index < -0.39 is 0 Å². The number of halogens is 1. The number of anilines is 1. The number of thiazole rings is 1. The molecule has 1 aliphatic carbocycles. The van der Waals surface area contributed by atoms with E-state index in [9.17, 15) is 0 Å². The minimum Gasteiger partial charge on any atom is -0.358 e. The first kappa shape index (κ1) is 11.2. The van der Waals surface area contributed by atoms with Crippen LogP contribution in [0.2, 0.25) is 0 Å². The molecular weight excluding hydrogens is 228 g/mol. The van der Waals surface area contributed by atoms with Crippen molar-refractivity contribution < 1.29 is 0 Å². The molecule has 1 aliphatic rings. The Balaban J connectivity index is 2.05. The van der Waals surface area contributed by atoms with Gasteiger partial charge in [0.05, 0.1) is 5.69 Å². The highest BCUT2D eigenvalue weighted by Gasteiger charge is 2.47. The summed E-state index contributed by atoms with van der Waals surface area (Å²) in [5.41, 5.74) is 1.30. The maximum absolute atomic E-state index is 6.18. The molecule has 0 radical (unpaired) electrons. The summed E-state index contributed by atoms with van der Waals surface area (Å²) < 4.78 is 0. The van der Waals surface area contributed by atoms with Crippen LogP contribution in [-0.2, 0) is 0 Å². The van der Waals surface area contributed by atoms with Gasteiger partial charge in [-0.2, -0.15) is 0 Å². The maximum Gasteiger partial charge on any atom is 0.183 e. The molecule has 1 aromatic rings. The SMILES string of the molecule is Cc1nc(NC2CC(Cl)C2(C)C)sc1C. The van der Waals surface area contributed by atoms with Crippen molar-refractivity contribution in [1.82, 2.24) is 4.98 Å². The van der Waals surface area contributed by atoms with Gasteiger partial charge in [-0.15, -0.1) is 22.9 Å². The van der Waals surface area contributed by atoms with Crippen molar-refractivity contribution in [1.29, 1.82) is 0 Å². The van der Waals surface area contributed by atoms with E-state index in [1.807, 2.05) is 6.92 Å². The van der Waals surface area contributed by atoms with Crippen LogP contribution in [0.5, 0.6) is 0 Å². The maximum atomic E-state index is 6.18. The molecule has 84 valence electrons. The van der Waals surface area contributed by atoms with Crippen LogP contribution in [0.15, 0.2) is 0 Å². The van der Waals surface area contributed by atoms with Gasteiger partial charge in [-0.25, -0.2) is 4.98 Å². The van der Waals surface area contributed by atoms with Crippen LogP contribution in [0.1, 0.15) is 30.8 Å². The molecule has 0 aliphatic heterocycles. The van der Waals surface area contributed by atoms with Crippen LogP contribution >= 0.6 is 22.9 Å². The van der Waals surface area contributed by atoms with Crippen LogP contribution in [0.3, 0.4) is 0 Å². The number of nitrogens with one attached hydrogen (secondary N) is 1. The van der Waals surface area contributed by atoms with Gasteiger partial charge in [0.15, 0.2) is 5.13 Å². The number of aryl methyl sites for hydroxylation is 2. The van der Waals surface area contributed by atoms with Gasteiger partial charge >= 0.3 is 0 Å². The second-order valence-electron chi connectivity index (χ2n) is 4.88. The first-order valence-electron chi connectivity index (χ1n) is 5.26.